The van der Waals surface area contributed by atoms with Gasteiger partial charge in [-0.25, -0.2) is 14.1 Å². The molecule has 1 saturated heterocycles. The van der Waals surface area contributed by atoms with E-state index >= 15 is 0 Å². The number of halogens is 1. The number of hydrogen-bond acceptors (Lipinski definition) is 4. The van der Waals surface area contributed by atoms with E-state index in [2.05, 4.69) is 10.1 Å². The molecule has 1 aliphatic heterocycles. The van der Waals surface area contributed by atoms with Crippen molar-refractivity contribution in [3.05, 3.63) is 42.2 Å². The number of aromatic nitrogens is 3. The van der Waals surface area contributed by atoms with Crippen LogP contribution in [-0.4, -0.2) is 33.1 Å². The molecule has 1 aromatic carbocycles. The summed E-state index contributed by atoms with van der Waals surface area (Å²) in [5, 5.41) is 3.98. The Morgan fingerprint density at radius 1 is 1.18 bits per heavy atom. The highest BCUT2D eigenvalue weighted by Gasteiger charge is 2.51. The first-order valence-electron chi connectivity index (χ1n) is 7.25. The Morgan fingerprint density at radius 2 is 1.86 bits per heavy atom. The van der Waals surface area contributed by atoms with Gasteiger partial charge in [0.25, 0.3) is 0 Å². The van der Waals surface area contributed by atoms with Gasteiger partial charge in [-0.05, 0) is 39.2 Å². The van der Waals surface area contributed by atoms with E-state index in [9.17, 15) is 4.39 Å². The third-order valence-electron chi connectivity index (χ3n) is 4.40. The SMILES string of the molecule is CC1(C)OB(c2ccc(Cn3cncn3)c(F)c2)OC1(C)C. The van der Waals surface area contributed by atoms with E-state index < -0.39 is 18.3 Å². The summed E-state index contributed by atoms with van der Waals surface area (Å²) in [5.74, 6) is -0.303. The maximum absolute atomic E-state index is 14.3. The van der Waals surface area contributed by atoms with Crippen LogP contribution in [-0.2, 0) is 15.9 Å². The van der Waals surface area contributed by atoms with Gasteiger partial charge in [0.15, 0.2) is 0 Å². The fraction of sp³-hybridized carbons (Fsp3) is 0.467. The smallest absolute Gasteiger partial charge is 0.399 e. The van der Waals surface area contributed by atoms with Gasteiger partial charge in [0.1, 0.15) is 18.5 Å². The van der Waals surface area contributed by atoms with Crippen molar-refractivity contribution in [3.63, 3.8) is 0 Å². The van der Waals surface area contributed by atoms with E-state index in [4.69, 9.17) is 9.31 Å². The summed E-state index contributed by atoms with van der Waals surface area (Å²) < 4.78 is 27.8. The molecule has 0 radical (unpaired) electrons. The second kappa shape index (κ2) is 5.17. The molecule has 0 amide bonds. The maximum Gasteiger partial charge on any atom is 0.494 e. The van der Waals surface area contributed by atoms with Gasteiger partial charge in [-0.1, -0.05) is 12.1 Å². The lowest BCUT2D eigenvalue weighted by Gasteiger charge is -2.32. The highest BCUT2D eigenvalue weighted by molar-refractivity contribution is 6.62. The topological polar surface area (TPSA) is 49.2 Å². The van der Waals surface area contributed by atoms with Crippen LogP contribution in [0.5, 0.6) is 0 Å². The van der Waals surface area contributed by atoms with Crippen molar-refractivity contribution in [2.45, 2.75) is 45.4 Å². The Morgan fingerprint density at radius 3 is 2.41 bits per heavy atom. The Balaban J connectivity index is 1.81. The maximum atomic E-state index is 14.3. The second-order valence-corrected chi connectivity index (χ2v) is 6.53. The molecule has 22 heavy (non-hydrogen) atoms. The van der Waals surface area contributed by atoms with Gasteiger partial charge in [-0.15, -0.1) is 0 Å². The third kappa shape index (κ3) is 2.66. The van der Waals surface area contributed by atoms with E-state index in [0.717, 1.165) is 0 Å². The first kappa shape index (κ1) is 15.2. The molecule has 1 aliphatic rings. The fourth-order valence-electron chi connectivity index (χ4n) is 2.31. The van der Waals surface area contributed by atoms with Crippen LogP contribution in [0.15, 0.2) is 30.9 Å². The van der Waals surface area contributed by atoms with E-state index in [1.807, 2.05) is 33.8 Å². The average molecular weight is 303 g/mol. The zero-order valence-electron chi connectivity index (χ0n) is 13.2. The van der Waals surface area contributed by atoms with Crippen molar-refractivity contribution in [2.24, 2.45) is 0 Å². The van der Waals surface area contributed by atoms with E-state index in [1.54, 1.807) is 17.1 Å². The predicted molar refractivity (Wildman–Crippen MR) is 81.2 cm³/mol. The summed E-state index contributed by atoms with van der Waals surface area (Å²) in [4.78, 5) is 3.85. The largest absolute Gasteiger partial charge is 0.494 e. The van der Waals surface area contributed by atoms with Crippen LogP contribution < -0.4 is 5.46 Å². The predicted octanol–water partition coefficient (Wildman–Crippen LogP) is 1.76. The van der Waals surface area contributed by atoms with Crippen LogP contribution in [0.3, 0.4) is 0 Å². The molecule has 1 fully saturated rings. The van der Waals surface area contributed by atoms with Gasteiger partial charge >= 0.3 is 7.12 Å². The molecular formula is C15H19BFN3O2. The van der Waals surface area contributed by atoms with Crippen LogP contribution in [0.1, 0.15) is 33.3 Å². The highest BCUT2D eigenvalue weighted by atomic mass is 19.1. The van der Waals surface area contributed by atoms with Crippen molar-refractivity contribution in [1.29, 1.82) is 0 Å². The lowest BCUT2D eigenvalue weighted by atomic mass is 9.78. The molecule has 2 heterocycles. The molecular weight excluding hydrogens is 284 g/mol. The fourth-order valence-corrected chi connectivity index (χ4v) is 2.31. The molecule has 3 rings (SSSR count). The summed E-state index contributed by atoms with van der Waals surface area (Å²) in [7, 11) is -0.556. The van der Waals surface area contributed by atoms with Gasteiger partial charge < -0.3 is 9.31 Å². The monoisotopic (exact) mass is 303 g/mol. The van der Waals surface area contributed by atoms with E-state index in [1.165, 1.54) is 12.4 Å². The quantitative estimate of drug-likeness (QED) is 0.811. The minimum absolute atomic E-state index is 0.303. The van der Waals surface area contributed by atoms with Crippen LogP contribution >= 0.6 is 0 Å². The van der Waals surface area contributed by atoms with E-state index in [0.29, 0.717) is 17.6 Å². The molecule has 0 spiro atoms. The van der Waals surface area contributed by atoms with Gasteiger partial charge in [0.05, 0.1) is 17.7 Å². The summed E-state index contributed by atoms with van der Waals surface area (Å²) in [6.07, 6.45) is 2.98. The van der Waals surface area contributed by atoms with Crippen LogP contribution in [0.25, 0.3) is 0 Å². The number of benzene rings is 1. The summed E-state index contributed by atoms with van der Waals surface area (Å²) >= 11 is 0. The summed E-state index contributed by atoms with van der Waals surface area (Å²) in [6.45, 7) is 8.24. The number of hydrogen-bond donors (Lipinski definition) is 0. The standard InChI is InChI=1S/C15H19BFN3O2/c1-14(2)15(3,4)22-16(21-14)12-6-5-11(13(17)7-12)8-20-10-18-9-19-20/h5-7,9-10H,8H2,1-4H3. The molecule has 5 nitrogen and oxygen atoms in total. The zero-order valence-corrected chi connectivity index (χ0v) is 13.2. The second-order valence-electron chi connectivity index (χ2n) is 6.53. The summed E-state index contributed by atoms with van der Waals surface area (Å²) in [5.41, 5.74) is 0.352. The normalized spacial score (nSPS) is 19.6. The van der Waals surface area contributed by atoms with E-state index in [-0.39, 0.29) is 5.82 Å². The zero-order chi connectivity index (χ0) is 16.0. The first-order chi connectivity index (χ1) is 10.3. The van der Waals surface area contributed by atoms with Crippen molar-refractivity contribution in [3.8, 4) is 0 Å². The Kier molecular flexibility index (Phi) is 3.57. The minimum atomic E-state index is -0.556. The van der Waals surface area contributed by atoms with Crippen LogP contribution in [0.4, 0.5) is 4.39 Å². The number of rotatable bonds is 3. The molecule has 116 valence electrons. The molecule has 0 bridgehead atoms. The molecule has 7 heteroatoms. The molecule has 0 N–H and O–H groups in total. The minimum Gasteiger partial charge on any atom is -0.399 e. The van der Waals surface area contributed by atoms with Gasteiger partial charge in [0, 0.05) is 5.56 Å². The lowest BCUT2D eigenvalue weighted by molar-refractivity contribution is 0.00578. The Bertz CT molecular complexity index is 657. The van der Waals surface area contributed by atoms with Crippen molar-refractivity contribution in [1.82, 2.24) is 14.8 Å². The van der Waals surface area contributed by atoms with Crippen molar-refractivity contribution < 1.29 is 13.7 Å². The molecule has 0 atom stereocenters. The Labute approximate surface area is 129 Å². The highest BCUT2D eigenvalue weighted by Crippen LogP contribution is 2.36. The molecule has 2 aromatic rings. The van der Waals surface area contributed by atoms with Gasteiger partial charge in [0.2, 0.25) is 0 Å². The van der Waals surface area contributed by atoms with Crippen molar-refractivity contribution in [2.75, 3.05) is 0 Å². The molecule has 0 unspecified atom stereocenters. The Hall–Kier alpha value is -1.73. The lowest BCUT2D eigenvalue weighted by Crippen LogP contribution is -2.41. The molecule has 1 aromatic heterocycles. The summed E-state index contributed by atoms with van der Waals surface area (Å²) in [6, 6.07) is 5.03. The molecule has 0 saturated carbocycles. The number of nitrogens with zero attached hydrogens (tertiary/aromatic N) is 3. The van der Waals surface area contributed by atoms with Gasteiger partial charge in [-0.3, -0.25) is 0 Å². The third-order valence-corrected chi connectivity index (χ3v) is 4.40. The average Bonchev–Trinajstić information content (AvgIpc) is 2.99. The molecule has 0 aliphatic carbocycles. The van der Waals surface area contributed by atoms with Crippen LogP contribution in [0.2, 0.25) is 0 Å². The van der Waals surface area contributed by atoms with Gasteiger partial charge in [-0.2, -0.15) is 5.10 Å². The van der Waals surface area contributed by atoms with Crippen LogP contribution in [0, 0.1) is 5.82 Å². The van der Waals surface area contributed by atoms with Crippen molar-refractivity contribution >= 4 is 12.6 Å². The first-order valence-corrected chi connectivity index (χ1v) is 7.25.